The molecule has 0 N–H and O–H groups in total. The summed E-state index contributed by atoms with van der Waals surface area (Å²) >= 11 is 0. The Balaban J connectivity index is 3.63. The van der Waals surface area contributed by atoms with Crippen LogP contribution in [0.1, 0.15) is 220 Å². The van der Waals surface area contributed by atoms with Gasteiger partial charge in [-0.25, -0.2) is 4.79 Å². The van der Waals surface area contributed by atoms with Crippen LogP contribution < -0.4 is 0 Å². The maximum Gasteiger partial charge on any atom is 0.333 e. The molecule has 0 fully saturated rings. The minimum Gasteiger partial charge on any atom is -0.459 e. The fourth-order valence-corrected chi connectivity index (χ4v) is 5.82. The number of carbonyl (C=O) groups excluding carboxylic acids is 1. The highest BCUT2D eigenvalue weighted by Crippen LogP contribution is 2.19. The van der Waals surface area contributed by atoms with Crippen LogP contribution in [-0.4, -0.2) is 12.1 Å². The van der Waals surface area contributed by atoms with Crippen molar-refractivity contribution in [1.29, 1.82) is 0 Å². The summed E-state index contributed by atoms with van der Waals surface area (Å²) in [5, 5.41) is 0. The molecule has 0 bridgehead atoms. The van der Waals surface area contributed by atoms with Crippen molar-refractivity contribution in [3.8, 4) is 0 Å². The number of unbranched alkanes of at least 4 members (excludes halogenated alkanes) is 27. The van der Waals surface area contributed by atoms with E-state index in [9.17, 15) is 4.79 Å². The van der Waals surface area contributed by atoms with Gasteiger partial charge in [-0.3, -0.25) is 0 Å². The Morgan fingerprint density at radius 2 is 0.675 bits per heavy atom. The Morgan fingerprint density at radius 1 is 0.450 bits per heavy atom. The van der Waals surface area contributed by atoms with Gasteiger partial charge in [0.05, 0.1) is 0 Å². The van der Waals surface area contributed by atoms with Gasteiger partial charge in [0.1, 0.15) is 6.10 Å². The van der Waals surface area contributed by atoms with Crippen LogP contribution in [0.3, 0.4) is 0 Å². The van der Waals surface area contributed by atoms with E-state index in [4.69, 9.17) is 4.74 Å². The molecule has 1 atom stereocenters. The molecule has 0 aromatic carbocycles. The quantitative estimate of drug-likeness (QED) is 0.0451. The summed E-state index contributed by atoms with van der Waals surface area (Å²) < 4.78 is 5.79. The summed E-state index contributed by atoms with van der Waals surface area (Å²) in [6.45, 7) is 10.1. The van der Waals surface area contributed by atoms with Gasteiger partial charge in [-0.2, -0.15) is 0 Å². The fraction of sp³-hybridized carbons (Fsp3) is 0.921. The van der Waals surface area contributed by atoms with Crippen LogP contribution >= 0.6 is 0 Å². The first-order valence-electron chi connectivity index (χ1n) is 18.5. The molecule has 2 nitrogen and oxygen atoms in total. The normalized spacial score (nSPS) is 12.1. The van der Waals surface area contributed by atoms with Gasteiger partial charge in [-0.05, 0) is 32.6 Å². The number of hydrogen-bond donors (Lipinski definition) is 0. The minimum absolute atomic E-state index is 0.0871. The molecule has 0 aliphatic rings. The number of hydrogen-bond acceptors (Lipinski definition) is 2. The van der Waals surface area contributed by atoms with E-state index >= 15 is 0 Å². The van der Waals surface area contributed by atoms with Crippen LogP contribution in [0.25, 0.3) is 0 Å². The van der Waals surface area contributed by atoms with E-state index in [-0.39, 0.29) is 12.1 Å². The zero-order valence-electron chi connectivity index (χ0n) is 28.0. The highest BCUT2D eigenvalue weighted by molar-refractivity contribution is 5.87. The van der Waals surface area contributed by atoms with Gasteiger partial charge < -0.3 is 4.74 Å². The van der Waals surface area contributed by atoms with E-state index in [2.05, 4.69) is 20.4 Å². The minimum atomic E-state index is -0.199. The van der Waals surface area contributed by atoms with Crippen molar-refractivity contribution in [3.05, 3.63) is 12.2 Å². The SMILES string of the molecule is C=C(C)C(=O)OC(CCCCCCCCCCCC)CCCCCCCCCCCCCCCCCCCCC. The van der Waals surface area contributed by atoms with Gasteiger partial charge in [0.2, 0.25) is 0 Å². The molecule has 0 spiro atoms. The largest absolute Gasteiger partial charge is 0.459 e. The summed E-state index contributed by atoms with van der Waals surface area (Å²) in [6, 6.07) is 0. The molecule has 0 saturated carbocycles. The Hall–Kier alpha value is -0.790. The molecule has 0 aromatic heterocycles. The molecule has 0 aliphatic heterocycles. The molecule has 0 rings (SSSR count). The fourth-order valence-electron chi connectivity index (χ4n) is 5.82. The molecule has 2 heteroatoms. The highest BCUT2D eigenvalue weighted by atomic mass is 16.5. The Labute approximate surface area is 253 Å². The van der Waals surface area contributed by atoms with Crippen molar-refractivity contribution in [2.75, 3.05) is 0 Å². The predicted octanol–water partition coefficient (Wildman–Crippen LogP) is 13.6. The van der Waals surface area contributed by atoms with Gasteiger partial charge in [-0.1, -0.05) is 194 Å². The number of esters is 1. The lowest BCUT2D eigenvalue weighted by molar-refractivity contribution is -0.145. The molecule has 0 amide bonds. The van der Waals surface area contributed by atoms with Crippen molar-refractivity contribution in [2.45, 2.75) is 226 Å². The standard InChI is InChI=1S/C38H74O2/c1-5-7-9-11-13-15-17-18-19-20-21-22-23-24-25-27-29-31-33-35-37(40-38(39)36(3)4)34-32-30-28-26-16-14-12-10-8-6-2/h37H,3,5-35H2,1-2,4H3. The van der Waals surface area contributed by atoms with Crippen LogP contribution in [0.2, 0.25) is 0 Å². The number of rotatable bonds is 33. The van der Waals surface area contributed by atoms with Gasteiger partial charge in [0, 0.05) is 5.57 Å². The second kappa shape index (κ2) is 32.7. The van der Waals surface area contributed by atoms with Crippen molar-refractivity contribution >= 4 is 5.97 Å². The summed E-state index contributed by atoms with van der Waals surface area (Å²) in [4.78, 5) is 12.1. The molecular formula is C38H74O2. The van der Waals surface area contributed by atoms with E-state index in [1.807, 2.05) is 0 Å². The van der Waals surface area contributed by atoms with Gasteiger partial charge in [0.25, 0.3) is 0 Å². The summed E-state index contributed by atoms with van der Waals surface area (Å²) in [6.07, 6.45) is 42.3. The predicted molar refractivity (Wildman–Crippen MR) is 179 cm³/mol. The van der Waals surface area contributed by atoms with Crippen LogP contribution in [-0.2, 0) is 9.53 Å². The highest BCUT2D eigenvalue weighted by Gasteiger charge is 2.14. The van der Waals surface area contributed by atoms with E-state index in [1.165, 1.54) is 186 Å². The summed E-state index contributed by atoms with van der Waals surface area (Å²) in [5.41, 5.74) is 0.529. The first kappa shape index (κ1) is 39.2. The Kier molecular flexibility index (Phi) is 32.1. The molecule has 0 radical (unpaired) electrons. The van der Waals surface area contributed by atoms with Crippen molar-refractivity contribution < 1.29 is 9.53 Å². The first-order valence-corrected chi connectivity index (χ1v) is 18.5. The van der Waals surface area contributed by atoms with Gasteiger partial charge >= 0.3 is 5.97 Å². The van der Waals surface area contributed by atoms with E-state index in [0.717, 1.165) is 12.8 Å². The third-order valence-electron chi connectivity index (χ3n) is 8.63. The molecule has 1 unspecified atom stereocenters. The number of ether oxygens (including phenoxy) is 1. The van der Waals surface area contributed by atoms with E-state index < -0.39 is 0 Å². The third kappa shape index (κ3) is 30.2. The molecule has 40 heavy (non-hydrogen) atoms. The molecule has 0 aliphatic carbocycles. The lowest BCUT2D eigenvalue weighted by Crippen LogP contribution is -2.18. The molecule has 0 saturated heterocycles. The van der Waals surface area contributed by atoms with Crippen molar-refractivity contribution in [1.82, 2.24) is 0 Å². The summed E-state index contributed by atoms with van der Waals surface area (Å²) in [5.74, 6) is -0.199. The van der Waals surface area contributed by atoms with Gasteiger partial charge in [-0.15, -0.1) is 0 Å². The molecule has 0 heterocycles. The Morgan fingerprint density at radius 3 is 0.900 bits per heavy atom. The second-order valence-electron chi connectivity index (χ2n) is 12.9. The van der Waals surface area contributed by atoms with E-state index in [0.29, 0.717) is 5.57 Å². The first-order chi connectivity index (χ1) is 19.6. The van der Waals surface area contributed by atoms with Crippen molar-refractivity contribution in [2.24, 2.45) is 0 Å². The lowest BCUT2D eigenvalue weighted by atomic mass is 10.0. The average Bonchev–Trinajstić information content (AvgIpc) is 2.94. The van der Waals surface area contributed by atoms with Crippen LogP contribution in [0.5, 0.6) is 0 Å². The van der Waals surface area contributed by atoms with E-state index in [1.54, 1.807) is 6.92 Å². The Bertz CT molecular complexity index is 526. The molecular weight excluding hydrogens is 488 g/mol. The smallest absolute Gasteiger partial charge is 0.333 e. The van der Waals surface area contributed by atoms with Gasteiger partial charge in [0.15, 0.2) is 0 Å². The van der Waals surface area contributed by atoms with Crippen LogP contribution in [0.4, 0.5) is 0 Å². The lowest BCUT2D eigenvalue weighted by Gasteiger charge is -2.18. The zero-order valence-corrected chi connectivity index (χ0v) is 28.0. The third-order valence-corrected chi connectivity index (χ3v) is 8.63. The van der Waals surface area contributed by atoms with Crippen molar-refractivity contribution in [3.63, 3.8) is 0 Å². The summed E-state index contributed by atoms with van der Waals surface area (Å²) in [7, 11) is 0. The van der Waals surface area contributed by atoms with Crippen LogP contribution in [0.15, 0.2) is 12.2 Å². The topological polar surface area (TPSA) is 26.3 Å². The maximum absolute atomic E-state index is 12.1. The zero-order chi connectivity index (χ0) is 29.4. The second-order valence-corrected chi connectivity index (χ2v) is 12.9. The monoisotopic (exact) mass is 563 g/mol. The van der Waals surface area contributed by atoms with Crippen LogP contribution in [0, 0.1) is 0 Å². The average molecular weight is 563 g/mol. The molecule has 238 valence electrons. The molecule has 0 aromatic rings. The number of carbonyl (C=O) groups is 1. The maximum atomic E-state index is 12.1.